The third kappa shape index (κ3) is 4.10. The monoisotopic (exact) mass is 283 g/mol. The predicted octanol–water partition coefficient (Wildman–Crippen LogP) is 3.08. The second-order valence-electron chi connectivity index (χ2n) is 5.80. The second-order valence-corrected chi connectivity index (χ2v) is 6.20. The Bertz CT molecular complexity index is 428. The number of benzene rings is 1. The van der Waals surface area contributed by atoms with Crippen LogP contribution >= 0.6 is 11.6 Å². The number of hydrogen-bond acceptors (Lipinski definition) is 3. The molecular weight excluding hydrogens is 262 g/mol. The van der Waals surface area contributed by atoms with E-state index < -0.39 is 5.60 Å². The van der Waals surface area contributed by atoms with Gasteiger partial charge in [-0.3, -0.25) is 0 Å². The first kappa shape index (κ1) is 14.6. The predicted molar refractivity (Wildman–Crippen MR) is 77.4 cm³/mol. The van der Waals surface area contributed by atoms with Gasteiger partial charge >= 0.3 is 0 Å². The molecule has 0 radical (unpaired) electrons. The normalized spacial score (nSPS) is 27.4. The number of phenolic OH excluding ortho intramolecular Hbond substituents is 1. The Labute approximate surface area is 119 Å². The van der Waals surface area contributed by atoms with E-state index in [2.05, 4.69) is 12.2 Å². The molecule has 1 aliphatic carbocycles. The Morgan fingerprint density at radius 1 is 1.37 bits per heavy atom. The van der Waals surface area contributed by atoms with Crippen LogP contribution in [-0.4, -0.2) is 22.4 Å². The fourth-order valence-corrected chi connectivity index (χ4v) is 2.78. The van der Waals surface area contributed by atoms with Crippen LogP contribution < -0.4 is 5.32 Å². The van der Waals surface area contributed by atoms with Crippen LogP contribution in [0.2, 0.25) is 5.02 Å². The van der Waals surface area contributed by atoms with Crippen molar-refractivity contribution in [2.24, 2.45) is 5.92 Å². The quantitative estimate of drug-likeness (QED) is 0.796. The number of hydrogen-bond donors (Lipinski definition) is 3. The lowest BCUT2D eigenvalue weighted by atomic mass is 9.79. The van der Waals surface area contributed by atoms with Crippen molar-refractivity contribution < 1.29 is 10.2 Å². The van der Waals surface area contributed by atoms with Gasteiger partial charge in [-0.25, -0.2) is 0 Å². The molecule has 0 heterocycles. The lowest BCUT2D eigenvalue weighted by molar-refractivity contribution is -0.00630. The highest BCUT2D eigenvalue weighted by atomic mass is 35.5. The Balaban J connectivity index is 1.81. The molecule has 106 valence electrons. The zero-order valence-corrected chi connectivity index (χ0v) is 12.1. The van der Waals surface area contributed by atoms with Gasteiger partial charge in [-0.15, -0.1) is 0 Å². The number of halogens is 1. The molecule has 1 aromatic carbocycles. The molecule has 1 aromatic rings. The highest BCUT2D eigenvalue weighted by molar-refractivity contribution is 6.32. The van der Waals surface area contributed by atoms with Crippen LogP contribution in [0.15, 0.2) is 18.2 Å². The van der Waals surface area contributed by atoms with E-state index >= 15 is 0 Å². The highest BCUT2D eigenvalue weighted by Gasteiger charge is 2.31. The first-order chi connectivity index (χ1) is 8.98. The minimum atomic E-state index is -0.562. The van der Waals surface area contributed by atoms with E-state index in [-0.39, 0.29) is 5.75 Å². The van der Waals surface area contributed by atoms with Gasteiger partial charge in [0.25, 0.3) is 0 Å². The maximum atomic E-state index is 10.4. The van der Waals surface area contributed by atoms with Gasteiger partial charge in [-0.05, 0) is 49.3 Å². The van der Waals surface area contributed by atoms with Gasteiger partial charge in [-0.1, -0.05) is 24.6 Å². The van der Waals surface area contributed by atoms with Gasteiger partial charge in [0.15, 0.2) is 0 Å². The largest absolute Gasteiger partial charge is 0.506 e. The molecule has 3 nitrogen and oxygen atoms in total. The summed E-state index contributed by atoms with van der Waals surface area (Å²) in [5, 5.41) is 23.4. The molecular formula is C15H22ClNO2. The van der Waals surface area contributed by atoms with Crippen LogP contribution in [0.3, 0.4) is 0 Å². The van der Waals surface area contributed by atoms with Crippen molar-refractivity contribution in [1.82, 2.24) is 5.32 Å². The molecule has 1 aliphatic rings. The van der Waals surface area contributed by atoms with Crippen LogP contribution in [-0.2, 0) is 6.54 Å². The summed E-state index contributed by atoms with van der Waals surface area (Å²) in [5.41, 5.74) is 0.448. The van der Waals surface area contributed by atoms with Crippen LogP contribution in [0.1, 0.15) is 38.2 Å². The van der Waals surface area contributed by atoms with Gasteiger partial charge in [0, 0.05) is 13.1 Å². The Kier molecular flexibility index (Phi) is 4.71. The minimum Gasteiger partial charge on any atom is -0.506 e. The summed E-state index contributed by atoms with van der Waals surface area (Å²) in [4.78, 5) is 0. The van der Waals surface area contributed by atoms with Crippen LogP contribution in [0.5, 0.6) is 5.75 Å². The molecule has 0 aliphatic heterocycles. The van der Waals surface area contributed by atoms with Crippen LogP contribution in [0.25, 0.3) is 0 Å². The Hall–Kier alpha value is -0.770. The van der Waals surface area contributed by atoms with Gasteiger partial charge in [0.2, 0.25) is 0 Å². The van der Waals surface area contributed by atoms with Gasteiger partial charge in [0.1, 0.15) is 5.75 Å². The molecule has 0 saturated heterocycles. The minimum absolute atomic E-state index is 0.102. The number of phenols is 1. The van der Waals surface area contributed by atoms with Gasteiger partial charge in [0.05, 0.1) is 10.6 Å². The topological polar surface area (TPSA) is 52.5 Å². The summed E-state index contributed by atoms with van der Waals surface area (Å²) in [5.74, 6) is 0.835. The number of aromatic hydroxyl groups is 1. The summed E-state index contributed by atoms with van der Waals surface area (Å²) in [7, 11) is 0. The van der Waals surface area contributed by atoms with Crippen molar-refractivity contribution in [3.05, 3.63) is 28.8 Å². The molecule has 0 spiro atoms. The zero-order chi connectivity index (χ0) is 13.9. The van der Waals surface area contributed by atoms with Crippen molar-refractivity contribution in [1.29, 1.82) is 0 Å². The standard InChI is InChI=1S/C15H22ClNO2/c1-11-4-6-15(19,7-5-11)10-17-9-12-2-3-14(18)13(16)8-12/h2-3,8,11,17-19H,4-7,9-10H2,1H3. The summed E-state index contributed by atoms with van der Waals surface area (Å²) in [6.07, 6.45) is 3.95. The zero-order valence-electron chi connectivity index (χ0n) is 11.3. The first-order valence-electron chi connectivity index (χ1n) is 6.89. The Morgan fingerprint density at radius 3 is 2.68 bits per heavy atom. The first-order valence-corrected chi connectivity index (χ1v) is 7.27. The second kappa shape index (κ2) is 6.12. The third-order valence-electron chi connectivity index (χ3n) is 4.00. The molecule has 0 bridgehead atoms. The maximum Gasteiger partial charge on any atom is 0.134 e. The molecule has 1 saturated carbocycles. The van der Waals surface area contributed by atoms with E-state index in [1.165, 1.54) is 0 Å². The summed E-state index contributed by atoms with van der Waals surface area (Å²) in [6, 6.07) is 5.18. The lowest BCUT2D eigenvalue weighted by Gasteiger charge is -2.35. The smallest absolute Gasteiger partial charge is 0.134 e. The number of aliphatic hydroxyl groups is 1. The molecule has 4 heteroatoms. The molecule has 3 N–H and O–H groups in total. The third-order valence-corrected chi connectivity index (χ3v) is 4.30. The van der Waals surface area contributed by atoms with E-state index in [0.29, 0.717) is 18.1 Å². The lowest BCUT2D eigenvalue weighted by Crippen LogP contribution is -2.43. The molecule has 0 aromatic heterocycles. The van der Waals surface area contributed by atoms with Crippen molar-refractivity contribution in [3.8, 4) is 5.75 Å². The molecule has 1 fully saturated rings. The van der Waals surface area contributed by atoms with Crippen LogP contribution in [0.4, 0.5) is 0 Å². The fraction of sp³-hybridized carbons (Fsp3) is 0.600. The maximum absolute atomic E-state index is 10.4. The van der Waals surface area contributed by atoms with Gasteiger partial charge < -0.3 is 15.5 Å². The van der Waals surface area contributed by atoms with E-state index in [1.807, 2.05) is 6.07 Å². The average molecular weight is 284 g/mol. The van der Waals surface area contributed by atoms with E-state index in [9.17, 15) is 10.2 Å². The van der Waals surface area contributed by atoms with Crippen LogP contribution in [0, 0.1) is 5.92 Å². The SMILES string of the molecule is CC1CCC(O)(CNCc2ccc(O)c(Cl)c2)CC1. The van der Waals surface area contributed by atoms with Crippen molar-refractivity contribution in [2.75, 3.05) is 6.54 Å². The molecule has 0 unspecified atom stereocenters. The molecule has 0 atom stereocenters. The van der Waals surface area contributed by atoms with Crippen molar-refractivity contribution in [3.63, 3.8) is 0 Å². The van der Waals surface area contributed by atoms with Gasteiger partial charge in [-0.2, -0.15) is 0 Å². The highest BCUT2D eigenvalue weighted by Crippen LogP contribution is 2.31. The summed E-state index contributed by atoms with van der Waals surface area (Å²) in [6.45, 7) is 3.50. The van der Waals surface area contributed by atoms with E-state index in [4.69, 9.17) is 11.6 Å². The molecule has 2 rings (SSSR count). The van der Waals surface area contributed by atoms with E-state index in [1.54, 1.807) is 12.1 Å². The number of nitrogens with one attached hydrogen (secondary N) is 1. The molecule has 19 heavy (non-hydrogen) atoms. The summed E-state index contributed by atoms with van der Waals surface area (Å²) < 4.78 is 0. The average Bonchev–Trinajstić information content (AvgIpc) is 2.38. The van der Waals surface area contributed by atoms with E-state index in [0.717, 1.165) is 37.2 Å². The fourth-order valence-electron chi connectivity index (χ4n) is 2.58. The van der Waals surface area contributed by atoms with Crippen molar-refractivity contribution >= 4 is 11.6 Å². The Morgan fingerprint density at radius 2 is 2.05 bits per heavy atom. The number of rotatable bonds is 4. The molecule has 0 amide bonds. The van der Waals surface area contributed by atoms with Crippen molar-refractivity contribution in [2.45, 2.75) is 44.8 Å². The summed E-state index contributed by atoms with van der Waals surface area (Å²) >= 11 is 5.86.